The first-order valence-electron chi connectivity index (χ1n) is 5.69. The molecule has 7 heteroatoms. The van der Waals surface area contributed by atoms with Gasteiger partial charge >= 0.3 is 0 Å². The Kier molecular flexibility index (Phi) is 3.82. The van der Waals surface area contributed by atoms with Crippen molar-refractivity contribution < 1.29 is 8.42 Å². The molecule has 0 saturated heterocycles. The van der Waals surface area contributed by atoms with Crippen molar-refractivity contribution in [1.82, 2.24) is 10.3 Å². The second-order valence-electron chi connectivity index (χ2n) is 4.29. The molecule has 17 heavy (non-hydrogen) atoms. The Balaban J connectivity index is 2.07. The third-order valence-electron chi connectivity index (χ3n) is 2.61. The summed E-state index contributed by atoms with van der Waals surface area (Å²) in [5.74, 6) is -0.159. The van der Waals surface area contributed by atoms with Gasteiger partial charge in [-0.15, -0.1) is 11.3 Å². The Bertz CT molecular complexity index is 492. The van der Waals surface area contributed by atoms with E-state index in [0.29, 0.717) is 11.0 Å². The molecule has 3 N–H and O–H groups in total. The maximum atomic E-state index is 11.0. The van der Waals surface area contributed by atoms with Gasteiger partial charge in [-0.2, -0.15) is 0 Å². The molecular weight excluding hydrogens is 258 g/mol. The fourth-order valence-corrected chi connectivity index (χ4v) is 3.65. The number of sulfonamides is 1. The summed E-state index contributed by atoms with van der Waals surface area (Å²) in [7, 11) is -3.48. The van der Waals surface area contributed by atoms with Gasteiger partial charge in [0.2, 0.25) is 10.0 Å². The fraction of sp³-hybridized carbons (Fsp3) is 0.700. The zero-order chi connectivity index (χ0) is 12.5. The average molecular weight is 275 g/mol. The summed E-state index contributed by atoms with van der Waals surface area (Å²) in [6, 6.07) is 0.642. The minimum Gasteiger partial charge on any atom is -0.309 e. The Morgan fingerprint density at radius 1 is 1.53 bits per heavy atom. The molecule has 0 atom stereocenters. The zero-order valence-corrected chi connectivity index (χ0v) is 11.4. The minimum atomic E-state index is -3.48. The van der Waals surface area contributed by atoms with Crippen molar-refractivity contribution in [3.8, 4) is 0 Å². The number of rotatable bonds is 6. The summed E-state index contributed by atoms with van der Waals surface area (Å²) < 4.78 is 22.0. The highest BCUT2D eigenvalue weighted by Crippen LogP contribution is 2.24. The number of nitrogens with two attached hydrogens (primary N) is 1. The Labute approximate surface area is 105 Å². The highest BCUT2D eigenvalue weighted by atomic mass is 32.2. The maximum absolute atomic E-state index is 11.0. The molecule has 1 aliphatic rings. The number of hydrogen-bond donors (Lipinski definition) is 2. The fourth-order valence-electron chi connectivity index (χ4n) is 1.61. The summed E-state index contributed by atoms with van der Waals surface area (Å²) in [5, 5.41) is 9.03. The van der Waals surface area contributed by atoms with Crippen LogP contribution in [0, 0.1) is 0 Å². The molecule has 1 aromatic rings. The minimum absolute atomic E-state index is 0.159. The SMILES string of the molecule is CCc1nc(CS(N)(=O)=O)sc1CNC1CC1. The molecule has 1 saturated carbocycles. The second kappa shape index (κ2) is 5.01. The van der Waals surface area contributed by atoms with Crippen LogP contribution in [0.5, 0.6) is 0 Å². The average Bonchev–Trinajstić information content (AvgIpc) is 2.96. The summed E-state index contributed by atoms with van der Waals surface area (Å²) in [6.07, 6.45) is 3.30. The molecule has 0 aliphatic heterocycles. The van der Waals surface area contributed by atoms with E-state index in [9.17, 15) is 8.42 Å². The van der Waals surface area contributed by atoms with Crippen LogP contribution in [0.4, 0.5) is 0 Å². The highest BCUT2D eigenvalue weighted by molar-refractivity contribution is 7.88. The number of thiazole rings is 1. The number of nitrogens with zero attached hydrogens (tertiary/aromatic N) is 1. The van der Waals surface area contributed by atoms with Crippen molar-refractivity contribution in [2.24, 2.45) is 5.14 Å². The first kappa shape index (κ1) is 12.9. The van der Waals surface area contributed by atoms with Gasteiger partial charge in [0.15, 0.2) is 0 Å². The Morgan fingerprint density at radius 3 is 2.76 bits per heavy atom. The first-order chi connectivity index (χ1) is 7.98. The monoisotopic (exact) mass is 275 g/mol. The smallest absolute Gasteiger partial charge is 0.215 e. The van der Waals surface area contributed by atoms with Gasteiger partial charge < -0.3 is 5.32 Å². The lowest BCUT2D eigenvalue weighted by molar-refractivity contribution is 0.597. The second-order valence-corrected chi connectivity index (χ2v) is 7.08. The van der Waals surface area contributed by atoms with Crippen LogP contribution < -0.4 is 10.5 Å². The van der Waals surface area contributed by atoms with Gasteiger partial charge in [-0.3, -0.25) is 0 Å². The number of nitrogens with one attached hydrogen (secondary N) is 1. The summed E-state index contributed by atoms with van der Waals surface area (Å²) >= 11 is 1.45. The normalized spacial score (nSPS) is 16.4. The molecule has 0 bridgehead atoms. The lowest BCUT2D eigenvalue weighted by Gasteiger charge is -2.00. The highest BCUT2D eigenvalue weighted by Gasteiger charge is 2.21. The predicted molar refractivity (Wildman–Crippen MR) is 68.2 cm³/mol. The number of hydrogen-bond acceptors (Lipinski definition) is 5. The summed E-state index contributed by atoms with van der Waals surface area (Å²) in [6.45, 7) is 2.81. The van der Waals surface area contributed by atoms with Crippen LogP contribution in [-0.2, 0) is 28.7 Å². The van der Waals surface area contributed by atoms with E-state index in [2.05, 4.69) is 10.3 Å². The van der Waals surface area contributed by atoms with E-state index in [1.165, 1.54) is 24.2 Å². The first-order valence-corrected chi connectivity index (χ1v) is 8.22. The molecule has 5 nitrogen and oxygen atoms in total. The van der Waals surface area contributed by atoms with Gasteiger partial charge in [-0.1, -0.05) is 6.92 Å². The van der Waals surface area contributed by atoms with Crippen molar-refractivity contribution in [3.05, 3.63) is 15.6 Å². The van der Waals surface area contributed by atoms with Crippen LogP contribution >= 0.6 is 11.3 Å². The summed E-state index contributed by atoms with van der Waals surface area (Å²) in [4.78, 5) is 5.47. The van der Waals surface area contributed by atoms with Gasteiger partial charge in [0.25, 0.3) is 0 Å². The zero-order valence-electron chi connectivity index (χ0n) is 9.77. The van der Waals surface area contributed by atoms with E-state index < -0.39 is 10.0 Å². The number of primary sulfonamides is 1. The van der Waals surface area contributed by atoms with E-state index in [4.69, 9.17) is 5.14 Å². The molecule has 0 spiro atoms. The van der Waals surface area contributed by atoms with Crippen LogP contribution in [-0.4, -0.2) is 19.4 Å². The number of aryl methyl sites for hydroxylation is 1. The Hall–Kier alpha value is -0.500. The molecule has 0 radical (unpaired) electrons. The van der Waals surface area contributed by atoms with Crippen molar-refractivity contribution in [2.75, 3.05) is 0 Å². The molecule has 1 aliphatic carbocycles. The van der Waals surface area contributed by atoms with Crippen LogP contribution in [0.2, 0.25) is 0 Å². The maximum Gasteiger partial charge on any atom is 0.215 e. The van der Waals surface area contributed by atoms with Crippen LogP contribution in [0.15, 0.2) is 0 Å². The van der Waals surface area contributed by atoms with Gasteiger partial charge in [0.1, 0.15) is 10.8 Å². The van der Waals surface area contributed by atoms with Gasteiger partial charge in [0, 0.05) is 17.5 Å². The third-order valence-corrected chi connectivity index (χ3v) is 4.57. The topological polar surface area (TPSA) is 85.1 Å². The third kappa shape index (κ3) is 4.02. The predicted octanol–water partition coefficient (Wildman–Crippen LogP) is 0.746. The molecule has 0 unspecified atom stereocenters. The molecule has 1 aromatic heterocycles. The number of aromatic nitrogens is 1. The van der Waals surface area contributed by atoms with E-state index in [-0.39, 0.29) is 5.75 Å². The Morgan fingerprint density at radius 2 is 2.24 bits per heavy atom. The quantitative estimate of drug-likeness (QED) is 0.802. The van der Waals surface area contributed by atoms with Gasteiger partial charge in [0.05, 0.1) is 5.69 Å². The molecule has 1 heterocycles. The van der Waals surface area contributed by atoms with Gasteiger partial charge in [-0.25, -0.2) is 18.5 Å². The van der Waals surface area contributed by atoms with Crippen molar-refractivity contribution in [3.63, 3.8) is 0 Å². The van der Waals surface area contributed by atoms with Crippen LogP contribution in [0.1, 0.15) is 35.3 Å². The van der Waals surface area contributed by atoms with Crippen LogP contribution in [0.3, 0.4) is 0 Å². The van der Waals surface area contributed by atoms with E-state index in [1.54, 1.807) is 0 Å². The molecule has 0 aromatic carbocycles. The van der Waals surface area contributed by atoms with E-state index in [1.807, 2.05) is 6.92 Å². The van der Waals surface area contributed by atoms with Crippen molar-refractivity contribution >= 4 is 21.4 Å². The standard InChI is InChI=1S/C10H17N3O2S2/c1-2-8-9(5-12-7-3-4-7)16-10(13-8)6-17(11,14)15/h7,12H,2-6H2,1H3,(H2,11,14,15). The molecular formula is C10H17N3O2S2. The molecule has 0 amide bonds. The van der Waals surface area contributed by atoms with E-state index >= 15 is 0 Å². The largest absolute Gasteiger partial charge is 0.309 e. The molecule has 96 valence electrons. The molecule has 1 fully saturated rings. The van der Waals surface area contributed by atoms with Gasteiger partial charge in [-0.05, 0) is 19.3 Å². The van der Waals surface area contributed by atoms with Crippen molar-refractivity contribution in [2.45, 2.75) is 44.5 Å². The molecule has 2 rings (SSSR count). The lowest BCUT2D eigenvalue weighted by Crippen LogP contribution is -2.15. The van der Waals surface area contributed by atoms with Crippen molar-refractivity contribution in [1.29, 1.82) is 0 Å². The summed E-state index contributed by atoms with van der Waals surface area (Å²) in [5.41, 5.74) is 0.988. The van der Waals surface area contributed by atoms with E-state index in [0.717, 1.165) is 23.5 Å². The lowest BCUT2D eigenvalue weighted by atomic mass is 10.3. The van der Waals surface area contributed by atoms with Crippen LogP contribution in [0.25, 0.3) is 0 Å².